The standard InChI is InChI=1S/C13H16BrNO4S/c14-11-5-3-4-10(8-11)9-20(18,19)15-7-2-1-6-12(15)13(16)17/h3-5,8,12H,1-2,6-7,9H2,(H,16,17). The third-order valence-electron chi connectivity index (χ3n) is 3.33. The van der Waals surface area contributed by atoms with E-state index in [1.54, 1.807) is 18.2 Å². The fraction of sp³-hybridized carbons (Fsp3) is 0.462. The second-order valence-corrected chi connectivity index (χ2v) is 7.68. The number of halogens is 1. The van der Waals surface area contributed by atoms with Crippen molar-refractivity contribution in [1.29, 1.82) is 0 Å². The summed E-state index contributed by atoms with van der Waals surface area (Å²) in [5.41, 5.74) is 0.647. The number of hydrogen-bond acceptors (Lipinski definition) is 3. The quantitative estimate of drug-likeness (QED) is 0.891. The Kier molecular flexibility index (Phi) is 4.82. The Morgan fingerprint density at radius 3 is 2.80 bits per heavy atom. The van der Waals surface area contributed by atoms with E-state index in [4.69, 9.17) is 5.11 Å². The second kappa shape index (κ2) is 6.24. The van der Waals surface area contributed by atoms with Gasteiger partial charge in [-0.1, -0.05) is 28.1 Å². The first-order chi connectivity index (χ1) is 9.40. The van der Waals surface area contributed by atoms with E-state index in [-0.39, 0.29) is 12.3 Å². The number of sulfonamides is 1. The first kappa shape index (κ1) is 15.5. The molecule has 1 aliphatic heterocycles. The molecule has 2 rings (SSSR count). The molecular formula is C13H16BrNO4S. The topological polar surface area (TPSA) is 74.7 Å². The van der Waals surface area contributed by atoms with Crippen LogP contribution in [0.4, 0.5) is 0 Å². The minimum atomic E-state index is -3.62. The van der Waals surface area contributed by atoms with Crippen molar-refractivity contribution in [2.45, 2.75) is 31.1 Å². The Bertz CT molecular complexity index is 602. The minimum absolute atomic E-state index is 0.170. The Labute approximate surface area is 126 Å². The number of rotatable bonds is 4. The summed E-state index contributed by atoms with van der Waals surface area (Å²) in [4.78, 5) is 11.2. The van der Waals surface area contributed by atoms with Gasteiger partial charge < -0.3 is 5.11 Å². The molecule has 0 saturated carbocycles. The van der Waals surface area contributed by atoms with Crippen LogP contribution < -0.4 is 0 Å². The molecule has 0 aliphatic carbocycles. The molecule has 1 aromatic rings. The van der Waals surface area contributed by atoms with Gasteiger partial charge in [-0.3, -0.25) is 4.79 Å². The summed E-state index contributed by atoms with van der Waals surface area (Å²) in [6.45, 7) is 0.285. The van der Waals surface area contributed by atoms with Gasteiger partial charge in [-0.15, -0.1) is 0 Å². The molecule has 0 aromatic heterocycles. The molecule has 0 bridgehead atoms. The molecule has 5 nitrogen and oxygen atoms in total. The van der Waals surface area contributed by atoms with Crippen molar-refractivity contribution in [3.63, 3.8) is 0 Å². The highest BCUT2D eigenvalue weighted by Gasteiger charge is 2.36. The molecule has 0 amide bonds. The zero-order valence-electron chi connectivity index (χ0n) is 10.8. The van der Waals surface area contributed by atoms with Crippen LogP contribution in [0.15, 0.2) is 28.7 Å². The summed E-state index contributed by atoms with van der Waals surface area (Å²) < 4.78 is 26.8. The van der Waals surface area contributed by atoms with Crippen molar-refractivity contribution >= 4 is 31.9 Å². The zero-order valence-corrected chi connectivity index (χ0v) is 13.2. The van der Waals surface area contributed by atoms with Crippen LogP contribution in [0.25, 0.3) is 0 Å². The molecule has 0 radical (unpaired) electrons. The third-order valence-corrected chi connectivity index (χ3v) is 5.68. The van der Waals surface area contributed by atoms with Crippen molar-refractivity contribution in [2.24, 2.45) is 0 Å². The number of aliphatic carboxylic acids is 1. The maximum atomic E-state index is 12.4. The lowest BCUT2D eigenvalue weighted by Crippen LogP contribution is -2.48. The van der Waals surface area contributed by atoms with Crippen molar-refractivity contribution < 1.29 is 18.3 Å². The normalized spacial score (nSPS) is 20.8. The zero-order chi connectivity index (χ0) is 14.8. The summed E-state index contributed by atoms with van der Waals surface area (Å²) in [5.74, 6) is -1.24. The lowest BCUT2D eigenvalue weighted by Gasteiger charge is -2.31. The van der Waals surface area contributed by atoms with Crippen LogP contribution in [0.1, 0.15) is 24.8 Å². The SMILES string of the molecule is O=C(O)C1CCCCN1S(=O)(=O)Cc1cccc(Br)c1. The maximum absolute atomic E-state index is 12.4. The van der Waals surface area contributed by atoms with Crippen molar-refractivity contribution in [1.82, 2.24) is 4.31 Å². The van der Waals surface area contributed by atoms with Gasteiger partial charge in [0.05, 0.1) is 5.75 Å². The Balaban J connectivity index is 2.22. The largest absolute Gasteiger partial charge is 0.480 e. The van der Waals surface area contributed by atoms with Gasteiger partial charge in [0.1, 0.15) is 6.04 Å². The van der Waals surface area contributed by atoms with Gasteiger partial charge in [-0.25, -0.2) is 8.42 Å². The predicted molar refractivity (Wildman–Crippen MR) is 78.7 cm³/mol. The van der Waals surface area contributed by atoms with E-state index in [0.29, 0.717) is 18.4 Å². The van der Waals surface area contributed by atoms with Crippen molar-refractivity contribution in [2.75, 3.05) is 6.54 Å². The van der Waals surface area contributed by atoms with E-state index in [9.17, 15) is 13.2 Å². The Morgan fingerprint density at radius 2 is 2.15 bits per heavy atom. The molecule has 1 unspecified atom stereocenters. The maximum Gasteiger partial charge on any atom is 0.322 e. The molecule has 20 heavy (non-hydrogen) atoms. The molecule has 0 spiro atoms. The average Bonchev–Trinajstić information content (AvgIpc) is 2.38. The fourth-order valence-electron chi connectivity index (χ4n) is 2.41. The highest BCUT2D eigenvalue weighted by Crippen LogP contribution is 2.24. The molecule has 1 N–H and O–H groups in total. The van der Waals surface area contributed by atoms with Crippen LogP contribution in [0, 0.1) is 0 Å². The van der Waals surface area contributed by atoms with Gasteiger partial charge in [0.2, 0.25) is 10.0 Å². The molecule has 1 saturated heterocycles. The molecule has 1 atom stereocenters. The smallest absolute Gasteiger partial charge is 0.322 e. The van der Waals surface area contributed by atoms with Crippen LogP contribution in [0.2, 0.25) is 0 Å². The second-order valence-electron chi connectivity index (χ2n) is 4.85. The highest BCUT2D eigenvalue weighted by molar-refractivity contribution is 9.10. The van der Waals surface area contributed by atoms with E-state index < -0.39 is 22.0 Å². The van der Waals surface area contributed by atoms with Gasteiger partial charge in [-0.2, -0.15) is 4.31 Å². The molecule has 110 valence electrons. The van der Waals surface area contributed by atoms with Crippen LogP contribution >= 0.6 is 15.9 Å². The van der Waals surface area contributed by atoms with Crippen LogP contribution in [-0.2, 0) is 20.6 Å². The molecule has 1 aromatic carbocycles. The van der Waals surface area contributed by atoms with Gasteiger partial charge in [0.25, 0.3) is 0 Å². The monoisotopic (exact) mass is 361 g/mol. The minimum Gasteiger partial charge on any atom is -0.480 e. The average molecular weight is 362 g/mol. The van der Waals surface area contributed by atoms with E-state index in [0.717, 1.165) is 15.2 Å². The van der Waals surface area contributed by atoms with Gasteiger partial charge in [0.15, 0.2) is 0 Å². The molecule has 7 heteroatoms. The summed E-state index contributed by atoms with van der Waals surface area (Å²) in [6, 6.07) is 6.11. The third kappa shape index (κ3) is 3.59. The van der Waals surface area contributed by atoms with Crippen molar-refractivity contribution in [3.05, 3.63) is 34.3 Å². The van der Waals surface area contributed by atoms with E-state index >= 15 is 0 Å². The summed E-state index contributed by atoms with van der Waals surface area (Å²) in [7, 11) is -3.62. The molecular weight excluding hydrogens is 346 g/mol. The fourth-order valence-corrected chi connectivity index (χ4v) is 4.61. The number of benzene rings is 1. The lowest BCUT2D eigenvalue weighted by atomic mass is 10.1. The number of carboxylic acid groups (broad SMARTS) is 1. The predicted octanol–water partition coefficient (Wildman–Crippen LogP) is 2.22. The van der Waals surface area contributed by atoms with E-state index in [2.05, 4.69) is 15.9 Å². The number of piperidine rings is 1. The van der Waals surface area contributed by atoms with Crippen molar-refractivity contribution in [3.8, 4) is 0 Å². The first-order valence-electron chi connectivity index (χ1n) is 6.37. The van der Waals surface area contributed by atoms with Gasteiger partial charge in [0, 0.05) is 11.0 Å². The van der Waals surface area contributed by atoms with Crippen LogP contribution in [0.5, 0.6) is 0 Å². The first-order valence-corrected chi connectivity index (χ1v) is 8.77. The van der Waals surface area contributed by atoms with Gasteiger partial charge in [-0.05, 0) is 37.0 Å². The summed E-state index contributed by atoms with van der Waals surface area (Å²) >= 11 is 3.30. The van der Waals surface area contributed by atoms with Crippen LogP contribution in [-0.4, -0.2) is 36.4 Å². The van der Waals surface area contributed by atoms with E-state index in [1.165, 1.54) is 0 Å². The molecule has 1 aliphatic rings. The molecule has 1 fully saturated rings. The number of hydrogen-bond donors (Lipinski definition) is 1. The lowest BCUT2D eigenvalue weighted by molar-refractivity contribution is -0.142. The number of carboxylic acids is 1. The Hall–Kier alpha value is -0.920. The highest BCUT2D eigenvalue weighted by atomic mass is 79.9. The van der Waals surface area contributed by atoms with E-state index in [1.807, 2.05) is 6.07 Å². The number of nitrogens with zero attached hydrogens (tertiary/aromatic N) is 1. The Morgan fingerprint density at radius 1 is 1.40 bits per heavy atom. The number of carbonyl (C=O) groups is 1. The van der Waals surface area contributed by atoms with Crippen LogP contribution in [0.3, 0.4) is 0 Å². The summed E-state index contributed by atoms with van der Waals surface area (Å²) in [5, 5.41) is 9.17. The summed E-state index contributed by atoms with van der Waals surface area (Å²) in [6.07, 6.45) is 1.84. The molecule has 1 heterocycles. The van der Waals surface area contributed by atoms with Gasteiger partial charge >= 0.3 is 5.97 Å².